The molecule has 0 bridgehead atoms. The van der Waals surface area contributed by atoms with Crippen LogP contribution in [0.4, 0.5) is 5.69 Å². The second-order valence-electron chi connectivity index (χ2n) is 10.0. The quantitative estimate of drug-likeness (QED) is 0.202. The van der Waals surface area contributed by atoms with Crippen LogP contribution in [0.15, 0.2) is 65.5 Å². The van der Waals surface area contributed by atoms with Gasteiger partial charge in [0.1, 0.15) is 23.4 Å². The van der Waals surface area contributed by atoms with Crippen molar-refractivity contribution in [3.05, 3.63) is 89.3 Å². The molecule has 1 fully saturated rings. The van der Waals surface area contributed by atoms with Crippen LogP contribution in [0.3, 0.4) is 0 Å². The van der Waals surface area contributed by atoms with Crippen molar-refractivity contribution in [2.75, 3.05) is 37.8 Å². The molecule has 220 valence electrons. The molecule has 2 aromatic heterocycles. The third kappa shape index (κ3) is 7.69. The molecular formula is C31H35N5O6. The molecule has 2 aromatic carbocycles. The molecule has 11 heteroatoms. The fraction of sp³-hybridized carbons (Fsp3) is 0.355. The van der Waals surface area contributed by atoms with Gasteiger partial charge in [-0.3, -0.25) is 20.1 Å². The lowest BCUT2D eigenvalue weighted by molar-refractivity contribution is -0.136. The Balaban J connectivity index is 1.20. The second-order valence-corrected chi connectivity index (χ2v) is 10.0. The first kappa shape index (κ1) is 29.2. The van der Waals surface area contributed by atoms with E-state index in [9.17, 15) is 9.90 Å². The summed E-state index contributed by atoms with van der Waals surface area (Å²) in [6.45, 7) is 5.83. The number of oxazole rings is 1. The van der Waals surface area contributed by atoms with Gasteiger partial charge in [-0.05, 0) is 60.9 Å². The molecule has 11 nitrogen and oxygen atoms in total. The van der Waals surface area contributed by atoms with Gasteiger partial charge in [-0.25, -0.2) is 4.98 Å². The van der Waals surface area contributed by atoms with Gasteiger partial charge in [0.15, 0.2) is 0 Å². The van der Waals surface area contributed by atoms with Crippen molar-refractivity contribution >= 4 is 11.7 Å². The van der Waals surface area contributed by atoms with Crippen LogP contribution >= 0.6 is 0 Å². The molecular weight excluding hydrogens is 538 g/mol. The lowest BCUT2D eigenvalue weighted by Crippen LogP contribution is -2.36. The standard InChI is InChI=1S/C31H35N5O6/c1-21-27(35-31(42-21)23-2-6-25(7-3-23)36-13-16-40-17-14-36)10-15-41-26-8-4-22(5-9-29(37)38)24(18-26)19-34-30(39)28-20-32-11-12-33-28/h2-4,6-8,11-12,18,20,30,34,39H,5,9-10,13-17,19H2,1H3,(H,37,38). The van der Waals surface area contributed by atoms with Crippen LogP contribution in [-0.2, 0) is 28.9 Å². The molecule has 1 unspecified atom stereocenters. The van der Waals surface area contributed by atoms with Gasteiger partial charge < -0.3 is 29.0 Å². The van der Waals surface area contributed by atoms with Gasteiger partial charge >= 0.3 is 5.97 Å². The third-order valence-electron chi connectivity index (χ3n) is 7.13. The zero-order chi connectivity index (χ0) is 29.3. The first-order chi connectivity index (χ1) is 20.5. The molecule has 0 radical (unpaired) electrons. The number of nitrogens with zero attached hydrogens (tertiary/aromatic N) is 4. The number of nitrogens with one attached hydrogen (secondary N) is 1. The van der Waals surface area contributed by atoms with Gasteiger partial charge in [-0.15, -0.1) is 0 Å². The van der Waals surface area contributed by atoms with Crippen molar-refractivity contribution in [2.24, 2.45) is 0 Å². The molecule has 5 rings (SSSR count). The molecule has 4 aromatic rings. The summed E-state index contributed by atoms with van der Waals surface area (Å²) >= 11 is 0. The Labute approximate surface area is 244 Å². The van der Waals surface area contributed by atoms with Crippen LogP contribution < -0.4 is 15.0 Å². The molecule has 0 spiro atoms. The summed E-state index contributed by atoms with van der Waals surface area (Å²) in [7, 11) is 0. The minimum atomic E-state index is -1.02. The van der Waals surface area contributed by atoms with Crippen LogP contribution in [0.25, 0.3) is 11.5 Å². The van der Waals surface area contributed by atoms with E-state index >= 15 is 0 Å². The van der Waals surface area contributed by atoms with E-state index in [2.05, 4.69) is 32.3 Å². The number of hydrogen-bond donors (Lipinski definition) is 3. The molecule has 3 N–H and O–H groups in total. The van der Waals surface area contributed by atoms with Crippen LogP contribution in [0.5, 0.6) is 5.75 Å². The maximum atomic E-state index is 11.2. The molecule has 0 aliphatic carbocycles. The lowest BCUT2D eigenvalue weighted by atomic mass is 10.0. The fourth-order valence-corrected chi connectivity index (χ4v) is 4.79. The van der Waals surface area contributed by atoms with E-state index in [1.54, 1.807) is 0 Å². The maximum Gasteiger partial charge on any atom is 0.303 e. The van der Waals surface area contributed by atoms with Gasteiger partial charge in [-0.1, -0.05) is 6.07 Å². The monoisotopic (exact) mass is 573 g/mol. The Morgan fingerprint density at radius 1 is 1.10 bits per heavy atom. The first-order valence-electron chi connectivity index (χ1n) is 14.0. The van der Waals surface area contributed by atoms with Gasteiger partial charge in [0.2, 0.25) is 5.89 Å². The van der Waals surface area contributed by atoms with Gasteiger partial charge in [0, 0.05) is 56.1 Å². The van der Waals surface area contributed by atoms with E-state index < -0.39 is 12.2 Å². The zero-order valence-corrected chi connectivity index (χ0v) is 23.5. The lowest BCUT2D eigenvalue weighted by Gasteiger charge is -2.28. The summed E-state index contributed by atoms with van der Waals surface area (Å²) in [5.41, 5.74) is 4.99. The Bertz CT molecular complexity index is 1450. The van der Waals surface area contributed by atoms with Crippen molar-refractivity contribution in [1.29, 1.82) is 0 Å². The summed E-state index contributed by atoms with van der Waals surface area (Å²) in [4.78, 5) is 26.3. The van der Waals surface area contributed by atoms with Crippen molar-refractivity contribution < 1.29 is 28.9 Å². The van der Waals surface area contributed by atoms with Crippen LogP contribution in [0.1, 0.15) is 40.9 Å². The minimum Gasteiger partial charge on any atom is -0.493 e. The average molecular weight is 574 g/mol. The largest absolute Gasteiger partial charge is 0.493 e. The number of hydrogen-bond acceptors (Lipinski definition) is 10. The normalized spacial score (nSPS) is 14.1. The number of benzene rings is 2. The Hall–Kier alpha value is -4.32. The number of aromatic nitrogens is 3. The summed E-state index contributed by atoms with van der Waals surface area (Å²) in [5, 5.41) is 22.6. The molecule has 3 heterocycles. The van der Waals surface area contributed by atoms with Crippen LogP contribution in [0.2, 0.25) is 0 Å². The van der Waals surface area contributed by atoms with E-state index in [1.807, 2.05) is 37.3 Å². The maximum absolute atomic E-state index is 11.2. The Morgan fingerprint density at radius 2 is 1.90 bits per heavy atom. The molecule has 0 amide bonds. The zero-order valence-electron chi connectivity index (χ0n) is 23.5. The van der Waals surface area contributed by atoms with Crippen molar-refractivity contribution in [3.8, 4) is 17.2 Å². The summed E-state index contributed by atoms with van der Waals surface area (Å²) < 4.78 is 17.5. The average Bonchev–Trinajstić information content (AvgIpc) is 3.40. The topological polar surface area (TPSA) is 143 Å². The summed E-state index contributed by atoms with van der Waals surface area (Å²) in [5.74, 6) is 1.09. The number of aliphatic hydroxyl groups is 1. The smallest absolute Gasteiger partial charge is 0.303 e. The number of morpholine rings is 1. The second kappa shape index (κ2) is 14.0. The predicted molar refractivity (Wildman–Crippen MR) is 155 cm³/mol. The van der Waals surface area contributed by atoms with E-state index in [1.165, 1.54) is 18.6 Å². The number of aliphatic hydroxyl groups excluding tert-OH is 1. The van der Waals surface area contributed by atoms with E-state index in [0.717, 1.165) is 60.1 Å². The summed E-state index contributed by atoms with van der Waals surface area (Å²) in [6.07, 6.45) is 4.43. The summed E-state index contributed by atoms with van der Waals surface area (Å²) in [6, 6.07) is 13.8. The molecule has 1 saturated heterocycles. The van der Waals surface area contributed by atoms with Gasteiger partial charge in [0.25, 0.3) is 0 Å². The van der Waals surface area contributed by atoms with Crippen molar-refractivity contribution in [2.45, 2.75) is 39.0 Å². The highest BCUT2D eigenvalue weighted by Gasteiger charge is 2.15. The molecule has 1 aliphatic heterocycles. The highest BCUT2D eigenvalue weighted by Crippen LogP contribution is 2.26. The number of aryl methyl sites for hydroxylation is 2. The van der Waals surface area contributed by atoms with E-state index in [4.69, 9.17) is 24.0 Å². The van der Waals surface area contributed by atoms with Crippen molar-refractivity contribution in [3.63, 3.8) is 0 Å². The van der Waals surface area contributed by atoms with Gasteiger partial charge in [-0.2, -0.15) is 0 Å². The number of carboxylic acids is 1. The van der Waals surface area contributed by atoms with Gasteiger partial charge in [0.05, 0.1) is 31.7 Å². The van der Waals surface area contributed by atoms with Crippen molar-refractivity contribution in [1.82, 2.24) is 20.3 Å². The molecule has 1 atom stereocenters. The van der Waals surface area contributed by atoms with E-state index in [-0.39, 0.29) is 6.42 Å². The molecule has 42 heavy (non-hydrogen) atoms. The number of carboxylic acid groups (broad SMARTS) is 1. The fourth-order valence-electron chi connectivity index (χ4n) is 4.79. The third-order valence-corrected chi connectivity index (χ3v) is 7.13. The first-order valence-corrected chi connectivity index (χ1v) is 14.0. The number of rotatable bonds is 13. The Kier molecular flexibility index (Phi) is 9.75. The number of anilines is 1. The van der Waals surface area contributed by atoms with E-state index in [0.29, 0.717) is 43.3 Å². The SMILES string of the molecule is Cc1oc(-c2ccc(N3CCOCC3)cc2)nc1CCOc1ccc(CCC(=O)O)c(CNC(O)c2cnccn2)c1. The highest BCUT2D eigenvalue weighted by atomic mass is 16.5. The molecule has 1 aliphatic rings. The number of ether oxygens (including phenoxy) is 2. The number of aliphatic carboxylic acids is 1. The number of carbonyl (C=O) groups is 1. The van der Waals surface area contributed by atoms with Crippen LogP contribution in [-0.4, -0.2) is 64.0 Å². The Morgan fingerprint density at radius 3 is 2.64 bits per heavy atom. The van der Waals surface area contributed by atoms with Crippen LogP contribution in [0, 0.1) is 6.92 Å². The minimum absolute atomic E-state index is 0.00360. The highest BCUT2D eigenvalue weighted by molar-refractivity contribution is 5.67. The molecule has 0 saturated carbocycles. The predicted octanol–water partition coefficient (Wildman–Crippen LogP) is 3.70.